The summed E-state index contributed by atoms with van der Waals surface area (Å²) in [5, 5.41) is 5.33. The molecule has 1 aromatic heterocycles. The van der Waals surface area contributed by atoms with Crippen molar-refractivity contribution in [1.29, 1.82) is 0 Å². The van der Waals surface area contributed by atoms with Gasteiger partial charge in [0.25, 0.3) is 5.91 Å². The number of pyridine rings is 1. The predicted octanol–water partition coefficient (Wildman–Crippen LogP) is 0.601. The average molecular weight is 242 g/mol. The summed E-state index contributed by atoms with van der Waals surface area (Å²) < 4.78 is 0. The number of carbonyl (C=O) groups excluding carboxylic acids is 2. The minimum Gasteiger partial charge on any atom is -0.359 e. The molecule has 0 saturated carbocycles. The SMILES string of the molecule is CNC(=O)CCNC(=O)c1ccnc(Cl)c1. The third-order valence-corrected chi connectivity index (χ3v) is 2.11. The highest BCUT2D eigenvalue weighted by molar-refractivity contribution is 6.29. The van der Waals surface area contributed by atoms with Gasteiger partial charge in [0.1, 0.15) is 5.15 Å². The van der Waals surface area contributed by atoms with Gasteiger partial charge < -0.3 is 10.6 Å². The predicted molar refractivity (Wildman–Crippen MR) is 60.3 cm³/mol. The molecule has 16 heavy (non-hydrogen) atoms. The minimum atomic E-state index is -0.270. The summed E-state index contributed by atoms with van der Waals surface area (Å²) in [6.45, 7) is 0.290. The second kappa shape index (κ2) is 6.07. The number of nitrogens with zero attached hydrogens (tertiary/aromatic N) is 1. The van der Waals surface area contributed by atoms with Crippen LogP contribution >= 0.6 is 11.6 Å². The number of hydrogen-bond donors (Lipinski definition) is 2. The van der Waals surface area contributed by atoms with Gasteiger partial charge in [0.2, 0.25) is 5.91 Å². The summed E-state index contributed by atoms with van der Waals surface area (Å²) in [4.78, 5) is 26.2. The van der Waals surface area contributed by atoms with E-state index >= 15 is 0 Å². The van der Waals surface area contributed by atoms with Crippen molar-refractivity contribution in [3.05, 3.63) is 29.0 Å². The van der Waals surface area contributed by atoms with E-state index in [9.17, 15) is 9.59 Å². The van der Waals surface area contributed by atoms with Gasteiger partial charge in [-0.25, -0.2) is 4.98 Å². The molecule has 0 aliphatic carbocycles. The topological polar surface area (TPSA) is 71.1 Å². The molecular formula is C10H12ClN3O2. The molecule has 1 rings (SSSR count). The molecule has 0 unspecified atom stereocenters. The second-order valence-corrected chi connectivity index (χ2v) is 3.43. The summed E-state index contributed by atoms with van der Waals surface area (Å²) in [7, 11) is 1.55. The molecule has 0 aliphatic heterocycles. The molecule has 6 heteroatoms. The minimum absolute atomic E-state index is 0.118. The van der Waals surface area contributed by atoms with Gasteiger partial charge in [0.05, 0.1) is 0 Å². The van der Waals surface area contributed by atoms with Crippen LogP contribution in [0.25, 0.3) is 0 Å². The summed E-state index contributed by atoms with van der Waals surface area (Å²) in [5.74, 6) is -0.388. The summed E-state index contributed by atoms with van der Waals surface area (Å²) >= 11 is 5.64. The van der Waals surface area contributed by atoms with Crippen molar-refractivity contribution in [2.75, 3.05) is 13.6 Å². The smallest absolute Gasteiger partial charge is 0.251 e. The Labute approximate surface area is 98.2 Å². The first-order valence-corrected chi connectivity index (χ1v) is 5.11. The van der Waals surface area contributed by atoms with E-state index in [0.717, 1.165) is 0 Å². The Kier molecular flexibility index (Phi) is 4.72. The molecule has 0 bridgehead atoms. The first-order valence-electron chi connectivity index (χ1n) is 4.74. The molecule has 86 valence electrons. The van der Waals surface area contributed by atoms with Crippen molar-refractivity contribution in [2.45, 2.75) is 6.42 Å². The van der Waals surface area contributed by atoms with E-state index < -0.39 is 0 Å². The van der Waals surface area contributed by atoms with Crippen LogP contribution in [0.3, 0.4) is 0 Å². The lowest BCUT2D eigenvalue weighted by atomic mass is 10.2. The molecule has 0 aromatic carbocycles. The third kappa shape index (κ3) is 3.86. The lowest BCUT2D eigenvalue weighted by Crippen LogP contribution is -2.29. The molecule has 5 nitrogen and oxygen atoms in total. The molecule has 2 N–H and O–H groups in total. The molecular weight excluding hydrogens is 230 g/mol. The molecule has 0 saturated heterocycles. The van der Waals surface area contributed by atoms with E-state index in [0.29, 0.717) is 12.1 Å². The molecule has 2 amide bonds. The third-order valence-electron chi connectivity index (χ3n) is 1.91. The van der Waals surface area contributed by atoms with Crippen LogP contribution in [0.4, 0.5) is 0 Å². The highest BCUT2D eigenvalue weighted by Crippen LogP contribution is 2.06. The normalized spacial score (nSPS) is 9.62. The molecule has 0 aliphatic rings. The number of amides is 2. The highest BCUT2D eigenvalue weighted by Gasteiger charge is 2.06. The van der Waals surface area contributed by atoms with E-state index in [1.807, 2.05) is 0 Å². The van der Waals surface area contributed by atoms with Crippen LogP contribution in [-0.4, -0.2) is 30.4 Å². The van der Waals surface area contributed by atoms with Crippen LogP contribution in [0.2, 0.25) is 5.15 Å². The van der Waals surface area contributed by atoms with Crippen LogP contribution in [0.1, 0.15) is 16.8 Å². The fraction of sp³-hybridized carbons (Fsp3) is 0.300. The largest absolute Gasteiger partial charge is 0.359 e. The van der Waals surface area contributed by atoms with Crippen molar-refractivity contribution in [3.63, 3.8) is 0 Å². The lowest BCUT2D eigenvalue weighted by Gasteiger charge is -2.04. The van der Waals surface area contributed by atoms with Crippen molar-refractivity contribution in [1.82, 2.24) is 15.6 Å². The van der Waals surface area contributed by atoms with Crippen LogP contribution in [0.15, 0.2) is 18.3 Å². The van der Waals surface area contributed by atoms with E-state index in [2.05, 4.69) is 15.6 Å². The molecule has 0 spiro atoms. The fourth-order valence-corrected chi connectivity index (χ4v) is 1.23. The molecule has 0 fully saturated rings. The number of nitrogens with one attached hydrogen (secondary N) is 2. The number of aromatic nitrogens is 1. The van der Waals surface area contributed by atoms with Gasteiger partial charge >= 0.3 is 0 Å². The highest BCUT2D eigenvalue weighted by atomic mass is 35.5. The van der Waals surface area contributed by atoms with Crippen LogP contribution < -0.4 is 10.6 Å². The van der Waals surface area contributed by atoms with Gasteiger partial charge in [-0.2, -0.15) is 0 Å². The Hall–Kier alpha value is -1.62. The summed E-state index contributed by atoms with van der Waals surface area (Å²) in [6, 6.07) is 3.03. The maximum atomic E-state index is 11.5. The van der Waals surface area contributed by atoms with Gasteiger partial charge in [-0.05, 0) is 12.1 Å². The number of rotatable bonds is 4. The Morgan fingerprint density at radius 2 is 2.25 bits per heavy atom. The van der Waals surface area contributed by atoms with Gasteiger partial charge in [-0.15, -0.1) is 0 Å². The zero-order chi connectivity index (χ0) is 12.0. The van der Waals surface area contributed by atoms with Gasteiger partial charge in [0.15, 0.2) is 0 Å². The second-order valence-electron chi connectivity index (χ2n) is 3.05. The maximum Gasteiger partial charge on any atom is 0.251 e. The fourth-order valence-electron chi connectivity index (χ4n) is 1.06. The average Bonchev–Trinajstić information content (AvgIpc) is 2.28. The molecule has 1 heterocycles. The van der Waals surface area contributed by atoms with E-state index in [4.69, 9.17) is 11.6 Å². The van der Waals surface area contributed by atoms with Crippen molar-refractivity contribution < 1.29 is 9.59 Å². The molecule has 0 atom stereocenters. The molecule has 0 radical (unpaired) electrons. The molecule has 1 aromatic rings. The van der Waals surface area contributed by atoms with Crippen molar-refractivity contribution >= 4 is 23.4 Å². The zero-order valence-corrected chi connectivity index (χ0v) is 9.54. The first-order chi connectivity index (χ1) is 7.63. The Morgan fingerprint density at radius 1 is 1.50 bits per heavy atom. The van der Waals surface area contributed by atoms with E-state index in [1.165, 1.54) is 12.3 Å². The van der Waals surface area contributed by atoms with Crippen molar-refractivity contribution in [3.8, 4) is 0 Å². The summed E-state index contributed by atoms with van der Waals surface area (Å²) in [5.41, 5.74) is 0.428. The standard InChI is InChI=1S/C10H12ClN3O2/c1-12-9(15)3-5-14-10(16)7-2-4-13-8(11)6-7/h2,4,6H,3,5H2,1H3,(H,12,15)(H,14,16). The van der Waals surface area contributed by atoms with Crippen LogP contribution in [0, 0.1) is 0 Å². The number of carbonyl (C=O) groups is 2. The zero-order valence-electron chi connectivity index (χ0n) is 8.79. The number of halogens is 1. The van der Waals surface area contributed by atoms with Gasteiger partial charge in [-0.3, -0.25) is 9.59 Å². The monoisotopic (exact) mass is 241 g/mol. The summed E-state index contributed by atoms with van der Waals surface area (Å²) in [6.07, 6.45) is 1.71. The Morgan fingerprint density at radius 3 is 2.88 bits per heavy atom. The lowest BCUT2D eigenvalue weighted by molar-refractivity contribution is -0.120. The first kappa shape index (κ1) is 12.4. The van der Waals surface area contributed by atoms with E-state index in [1.54, 1.807) is 13.1 Å². The number of hydrogen-bond acceptors (Lipinski definition) is 3. The van der Waals surface area contributed by atoms with Crippen molar-refractivity contribution in [2.24, 2.45) is 0 Å². The van der Waals surface area contributed by atoms with Crippen LogP contribution in [0.5, 0.6) is 0 Å². The Balaban J connectivity index is 2.44. The van der Waals surface area contributed by atoms with E-state index in [-0.39, 0.29) is 23.4 Å². The maximum absolute atomic E-state index is 11.5. The Bertz CT molecular complexity index is 395. The quantitative estimate of drug-likeness (QED) is 0.759. The van der Waals surface area contributed by atoms with Gasteiger partial charge in [-0.1, -0.05) is 11.6 Å². The van der Waals surface area contributed by atoms with Crippen LogP contribution in [-0.2, 0) is 4.79 Å². The van der Waals surface area contributed by atoms with Gasteiger partial charge in [0, 0.05) is 31.8 Å².